The summed E-state index contributed by atoms with van der Waals surface area (Å²) in [7, 11) is 0. The van der Waals surface area contributed by atoms with E-state index in [0.717, 1.165) is 19.6 Å². The van der Waals surface area contributed by atoms with Crippen molar-refractivity contribution in [1.82, 2.24) is 10.6 Å². The summed E-state index contributed by atoms with van der Waals surface area (Å²) in [6, 6.07) is 0. The summed E-state index contributed by atoms with van der Waals surface area (Å²) >= 11 is 5.16. The lowest BCUT2D eigenvalue weighted by Gasteiger charge is -2.23. The third kappa shape index (κ3) is 4.77. The Morgan fingerprint density at radius 3 is 2.71 bits per heavy atom. The maximum atomic E-state index is 5.48. The number of ether oxygens (including phenoxy) is 1. The topological polar surface area (TPSA) is 33.3 Å². The van der Waals surface area contributed by atoms with Crippen LogP contribution in [-0.2, 0) is 4.74 Å². The van der Waals surface area contributed by atoms with Gasteiger partial charge in [0.05, 0.1) is 6.10 Å². The van der Waals surface area contributed by atoms with Crippen LogP contribution in [0, 0.1) is 0 Å². The first-order valence-electron chi connectivity index (χ1n) is 5.15. The van der Waals surface area contributed by atoms with Crippen LogP contribution < -0.4 is 10.6 Å². The molecule has 0 saturated carbocycles. The van der Waals surface area contributed by atoms with Crippen LogP contribution in [-0.4, -0.2) is 29.9 Å². The third-order valence-corrected chi connectivity index (χ3v) is 2.25. The second-order valence-corrected chi connectivity index (χ2v) is 5.13. The van der Waals surface area contributed by atoms with E-state index in [0.29, 0.717) is 11.2 Å². The molecule has 0 aromatic heterocycles. The molecule has 0 unspecified atom stereocenters. The largest absolute Gasteiger partial charge is 0.376 e. The molecular formula is C10H20N2OS. The molecule has 0 radical (unpaired) electrons. The average molecular weight is 216 g/mol. The van der Waals surface area contributed by atoms with Crippen molar-refractivity contribution in [1.29, 1.82) is 0 Å². The fraction of sp³-hybridized carbons (Fsp3) is 0.900. The first-order valence-corrected chi connectivity index (χ1v) is 5.56. The number of thiocarbonyl (C=S) groups is 1. The molecule has 0 aromatic carbocycles. The molecule has 1 aliphatic heterocycles. The Hall–Kier alpha value is -0.350. The highest BCUT2D eigenvalue weighted by Gasteiger charge is 2.16. The van der Waals surface area contributed by atoms with Crippen LogP contribution in [0.15, 0.2) is 0 Å². The molecule has 1 fully saturated rings. The normalized spacial score (nSPS) is 22.1. The van der Waals surface area contributed by atoms with E-state index >= 15 is 0 Å². The quantitative estimate of drug-likeness (QED) is 0.684. The Morgan fingerprint density at radius 1 is 1.50 bits per heavy atom. The first-order chi connectivity index (χ1) is 6.47. The van der Waals surface area contributed by atoms with Gasteiger partial charge in [0.2, 0.25) is 0 Å². The van der Waals surface area contributed by atoms with Crippen molar-refractivity contribution in [2.75, 3.05) is 13.2 Å². The lowest BCUT2D eigenvalue weighted by molar-refractivity contribution is 0.114. The highest BCUT2D eigenvalue weighted by atomic mass is 32.1. The predicted octanol–water partition coefficient (Wildman–Crippen LogP) is 1.43. The summed E-state index contributed by atoms with van der Waals surface area (Å²) in [5.41, 5.74) is 0.0284. The van der Waals surface area contributed by atoms with Gasteiger partial charge in [-0.25, -0.2) is 0 Å². The zero-order valence-electron chi connectivity index (χ0n) is 9.22. The second kappa shape index (κ2) is 4.94. The molecule has 4 heteroatoms. The van der Waals surface area contributed by atoms with Gasteiger partial charge in [0, 0.05) is 18.7 Å². The van der Waals surface area contributed by atoms with Crippen LogP contribution in [0.5, 0.6) is 0 Å². The maximum absolute atomic E-state index is 5.48. The molecule has 82 valence electrons. The van der Waals surface area contributed by atoms with Crippen molar-refractivity contribution < 1.29 is 4.74 Å². The van der Waals surface area contributed by atoms with Gasteiger partial charge >= 0.3 is 0 Å². The van der Waals surface area contributed by atoms with Gasteiger partial charge in [-0.05, 0) is 45.8 Å². The Labute approximate surface area is 91.6 Å². The Bertz CT molecular complexity index is 195. The van der Waals surface area contributed by atoms with Gasteiger partial charge in [-0.2, -0.15) is 0 Å². The summed E-state index contributed by atoms with van der Waals surface area (Å²) in [5.74, 6) is 0. The van der Waals surface area contributed by atoms with Gasteiger partial charge in [-0.3, -0.25) is 0 Å². The first kappa shape index (κ1) is 11.7. The van der Waals surface area contributed by atoms with E-state index < -0.39 is 0 Å². The fourth-order valence-corrected chi connectivity index (χ4v) is 1.79. The van der Waals surface area contributed by atoms with Gasteiger partial charge < -0.3 is 15.4 Å². The molecule has 1 heterocycles. The van der Waals surface area contributed by atoms with Gasteiger partial charge in [0.25, 0.3) is 0 Å². The van der Waals surface area contributed by atoms with Crippen LogP contribution in [0.2, 0.25) is 0 Å². The molecule has 0 spiro atoms. The number of hydrogen-bond donors (Lipinski definition) is 2. The van der Waals surface area contributed by atoms with Crippen molar-refractivity contribution in [3.63, 3.8) is 0 Å². The smallest absolute Gasteiger partial charge is 0.166 e. The molecule has 3 nitrogen and oxygen atoms in total. The third-order valence-electron chi connectivity index (χ3n) is 2.00. The van der Waals surface area contributed by atoms with Crippen LogP contribution in [0.3, 0.4) is 0 Å². The molecular weight excluding hydrogens is 196 g/mol. The molecule has 2 N–H and O–H groups in total. The lowest BCUT2D eigenvalue weighted by atomic mass is 10.1. The molecule has 1 saturated heterocycles. The van der Waals surface area contributed by atoms with E-state index in [1.165, 1.54) is 6.42 Å². The Morgan fingerprint density at radius 2 is 2.21 bits per heavy atom. The highest BCUT2D eigenvalue weighted by Crippen LogP contribution is 2.10. The highest BCUT2D eigenvalue weighted by molar-refractivity contribution is 7.80. The van der Waals surface area contributed by atoms with Gasteiger partial charge in [-0.15, -0.1) is 0 Å². The average Bonchev–Trinajstić information content (AvgIpc) is 2.49. The summed E-state index contributed by atoms with van der Waals surface area (Å²) in [6.07, 6.45) is 2.66. The van der Waals surface area contributed by atoms with E-state index in [4.69, 9.17) is 17.0 Å². The van der Waals surface area contributed by atoms with E-state index in [1.54, 1.807) is 0 Å². The predicted molar refractivity (Wildman–Crippen MR) is 62.5 cm³/mol. The SMILES string of the molecule is CC(C)(C)NC(=S)NC[C@@H]1CCCO1. The monoisotopic (exact) mass is 216 g/mol. The molecule has 14 heavy (non-hydrogen) atoms. The molecule has 1 aliphatic rings. The second-order valence-electron chi connectivity index (χ2n) is 4.72. The van der Waals surface area contributed by atoms with Crippen molar-refractivity contribution >= 4 is 17.3 Å². The van der Waals surface area contributed by atoms with E-state index in [9.17, 15) is 0 Å². The summed E-state index contributed by atoms with van der Waals surface area (Å²) in [4.78, 5) is 0. The Kier molecular flexibility index (Phi) is 4.13. The van der Waals surface area contributed by atoms with E-state index in [1.807, 2.05) is 0 Å². The standard InChI is InChI=1S/C10H20N2OS/c1-10(2,3)12-9(14)11-7-8-5-4-6-13-8/h8H,4-7H2,1-3H3,(H2,11,12,14)/t8-/m0/s1. The zero-order valence-corrected chi connectivity index (χ0v) is 10.0. The Balaban J connectivity index is 2.14. The minimum atomic E-state index is 0.0284. The zero-order chi connectivity index (χ0) is 10.6. The van der Waals surface area contributed by atoms with Gasteiger partial charge in [0.1, 0.15) is 0 Å². The number of hydrogen-bond acceptors (Lipinski definition) is 2. The number of rotatable bonds is 2. The molecule has 0 aromatic rings. The van der Waals surface area contributed by atoms with Gasteiger partial charge in [-0.1, -0.05) is 0 Å². The van der Waals surface area contributed by atoms with Crippen molar-refractivity contribution in [2.24, 2.45) is 0 Å². The molecule has 1 atom stereocenters. The molecule has 0 aliphatic carbocycles. The molecule has 1 rings (SSSR count). The lowest BCUT2D eigenvalue weighted by Crippen LogP contribution is -2.47. The minimum absolute atomic E-state index is 0.0284. The molecule has 0 bridgehead atoms. The van der Waals surface area contributed by atoms with Crippen LogP contribution in [0.1, 0.15) is 33.6 Å². The summed E-state index contributed by atoms with van der Waals surface area (Å²) < 4.78 is 5.48. The number of nitrogens with one attached hydrogen (secondary N) is 2. The van der Waals surface area contributed by atoms with Crippen LogP contribution in [0.25, 0.3) is 0 Å². The van der Waals surface area contributed by atoms with Crippen LogP contribution >= 0.6 is 12.2 Å². The fourth-order valence-electron chi connectivity index (χ4n) is 1.40. The summed E-state index contributed by atoms with van der Waals surface area (Å²) in [5, 5.41) is 7.10. The van der Waals surface area contributed by atoms with Crippen molar-refractivity contribution in [2.45, 2.75) is 45.3 Å². The summed E-state index contributed by atoms with van der Waals surface area (Å²) in [6.45, 7) is 7.99. The van der Waals surface area contributed by atoms with Gasteiger partial charge in [0.15, 0.2) is 5.11 Å². The van der Waals surface area contributed by atoms with Crippen molar-refractivity contribution in [3.8, 4) is 0 Å². The maximum Gasteiger partial charge on any atom is 0.166 e. The van der Waals surface area contributed by atoms with E-state index in [2.05, 4.69) is 31.4 Å². The molecule has 0 amide bonds. The van der Waals surface area contributed by atoms with Crippen LogP contribution in [0.4, 0.5) is 0 Å². The van der Waals surface area contributed by atoms with Crippen molar-refractivity contribution in [3.05, 3.63) is 0 Å². The minimum Gasteiger partial charge on any atom is -0.376 e. The van der Waals surface area contributed by atoms with E-state index in [-0.39, 0.29) is 5.54 Å².